The fourth-order valence-corrected chi connectivity index (χ4v) is 3.64. The average molecular weight is 429 g/mol. The summed E-state index contributed by atoms with van der Waals surface area (Å²) in [5.74, 6) is 2.47. The number of hydrogen-bond donors (Lipinski definition) is 1. The van der Waals surface area contributed by atoms with Crippen LogP contribution in [0, 0.1) is 0 Å². The Balaban J connectivity index is 0.00000161. The topological polar surface area (TPSA) is 69.3 Å². The van der Waals surface area contributed by atoms with Crippen molar-refractivity contribution in [2.45, 2.75) is 24.7 Å². The van der Waals surface area contributed by atoms with Gasteiger partial charge in [0.25, 0.3) is 0 Å². The number of ether oxygens (including phenoxy) is 3. The maximum atomic E-state index is 6.05. The summed E-state index contributed by atoms with van der Waals surface area (Å²) in [5, 5.41) is 0. The number of guanidine groups is 1. The van der Waals surface area contributed by atoms with Crippen molar-refractivity contribution < 1.29 is 14.2 Å². The smallest absolute Gasteiger partial charge is 0.191 e. The number of nitrogens with two attached hydrogens (primary N) is 1. The molecule has 3 rings (SSSR count). The molecule has 3 fully saturated rings. The van der Waals surface area contributed by atoms with Gasteiger partial charge in [0.05, 0.1) is 26.4 Å². The van der Waals surface area contributed by atoms with Crippen LogP contribution in [0.25, 0.3) is 0 Å². The van der Waals surface area contributed by atoms with E-state index in [-0.39, 0.29) is 30.1 Å². The minimum absolute atomic E-state index is 0. The molecule has 6 nitrogen and oxygen atoms in total. The first-order valence-electron chi connectivity index (χ1n) is 7.30. The molecule has 0 radical (unpaired) electrons. The standard InChI is InChI=1S/C13H23N3O3S.HI/c14-12(16-3-7-20-8-4-16)15-9-11-10-18-13(19-11)1-5-17-6-2-13;/h11H,1-10H2,(H2,14,15);1H. The number of rotatable bonds is 2. The van der Waals surface area contributed by atoms with Crippen molar-refractivity contribution >= 4 is 41.7 Å². The molecule has 8 heteroatoms. The first kappa shape index (κ1) is 17.6. The third-order valence-electron chi connectivity index (χ3n) is 3.96. The van der Waals surface area contributed by atoms with Gasteiger partial charge in [0.15, 0.2) is 11.7 Å². The van der Waals surface area contributed by atoms with Gasteiger partial charge in [-0.25, -0.2) is 0 Å². The Hall–Kier alpha value is 0.230. The van der Waals surface area contributed by atoms with Crippen LogP contribution < -0.4 is 5.73 Å². The third kappa shape index (κ3) is 4.60. The van der Waals surface area contributed by atoms with Crippen LogP contribution in [0.2, 0.25) is 0 Å². The Morgan fingerprint density at radius 1 is 1.29 bits per heavy atom. The van der Waals surface area contributed by atoms with Crippen molar-refractivity contribution in [2.75, 3.05) is 51.0 Å². The Morgan fingerprint density at radius 2 is 2.00 bits per heavy atom. The van der Waals surface area contributed by atoms with E-state index in [1.54, 1.807) is 0 Å². The van der Waals surface area contributed by atoms with Crippen LogP contribution in [0.15, 0.2) is 4.99 Å². The van der Waals surface area contributed by atoms with Crippen molar-refractivity contribution in [3.05, 3.63) is 0 Å². The molecule has 0 amide bonds. The number of halogens is 1. The molecule has 1 unspecified atom stereocenters. The molecule has 122 valence electrons. The lowest BCUT2D eigenvalue weighted by molar-refractivity contribution is -0.210. The lowest BCUT2D eigenvalue weighted by Gasteiger charge is -2.31. The van der Waals surface area contributed by atoms with Crippen LogP contribution in [0.1, 0.15) is 12.8 Å². The second-order valence-electron chi connectivity index (χ2n) is 5.37. The fourth-order valence-electron chi connectivity index (χ4n) is 2.74. The predicted molar refractivity (Wildman–Crippen MR) is 94.4 cm³/mol. The van der Waals surface area contributed by atoms with E-state index in [1.165, 1.54) is 0 Å². The lowest BCUT2D eigenvalue weighted by Crippen LogP contribution is -2.43. The molecular formula is C13H24IN3O3S. The van der Waals surface area contributed by atoms with Crippen molar-refractivity contribution in [3.8, 4) is 0 Å². The van der Waals surface area contributed by atoms with Gasteiger partial charge in [0, 0.05) is 37.4 Å². The Kier molecular flexibility index (Phi) is 6.85. The van der Waals surface area contributed by atoms with Gasteiger partial charge in [-0.2, -0.15) is 11.8 Å². The molecule has 3 aliphatic rings. The van der Waals surface area contributed by atoms with Crippen LogP contribution in [-0.2, 0) is 14.2 Å². The summed E-state index contributed by atoms with van der Waals surface area (Å²) in [5.41, 5.74) is 6.05. The zero-order valence-corrected chi connectivity index (χ0v) is 15.3. The van der Waals surface area contributed by atoms with Gasteiger partial charge in [-0.05, 0) is 0 Å². The summed E-state index contributed by atoms with van der Waals surface area (Å²) in [4.78, 5) is 6.63. The van der Waals surface area contributed by atoms with Gasteiger partial charge in [0.2, 0.25) is 0 Å². The molecule has 0 aromatic heterocycles. The molecule has 1 spiro atoms. The highest BCUT2D eigenvalue weighted by molar-refractivity contribution is 14.0. The van der Waals surface area contributed by atoms with Gasteiger partial charge in [-0.1, -0.05) is 0 Å². The number of thioether (sulfide) groups is 1. The molecule has 3 heterocycles. The number of aliphatic imine (C=N–C) groups is 1. The molecule has 0 bridgehead atoms. The van der Waals surface area contributed by atoms with Crippen molar-refractivity contribution in [1.82, 2.24) is 4.90 Å². The van der Waals surface area contributed by atoms with Crippen molar-refractivity contribution in [2.24, 2.45) is 10.7 Å². The van der Waals surface area contributed by atoms with Gasteiger partial charge in [-0.3, -0.25) is 4.99 Å². The lowest BCUT2D eigenvalue weighted by atomic mass is 10.1. The molecule has 1 atom stereocenters. The van der Waals surface area contributed by atoms with E-state index in [1.807, 2.05) is 11.8 Å². The highest BCUT2D eigenvalue weighted by atomic mass is 127. The van der Waals surface area contributed by atoms with E-state index in [0.717, 1.165) is 37.4 Å². The highest BCUT2D eigenvalue weighted by Gasteiger charge is 2.42. The third-order valence-corrected chi connectivity index (χ3v) is 4.90. The van der Waals surface area contributed by atoms with E-state index in [2.05, 4.69) is 9.89 Å². The largest absolute Gasteiger partial charge is 0.381 e. The van der Waals surface area contributed by atoms with E-state index in [4.69, 9.17) is 19.9 Å². The van der Waals surface area contributed by atoms with Crippen LogP contribution >= 0.6 is 35.7 Å². The maximum Gasteiger partial charge on any atom is 0.191 e. The van der Waals surface area contributed by atoms with E-state index in [9.17, 15) is 0 Å². The summed E-state index contributed by atoms with van der Waals surface area (Å²) in [6.07, 6.45) is 1.64. The van der Waals surface area contributed by atoms with Gasteiger partial charge < -0.3 is 24.8 Å². The van der Waals surface area contributed by atoms with Crippen LogP contribution in [0.3, 0.4) is 0 Å². The molecule has 3 aliphatic heterocycles. The molecule has 21 heavy (non-hydrogen) atoms. The molecular weight excluding hydrogens is 405 g/mol. The zero-order valence-electron chi connectivity index (χ0n) is 12.2. The average Bonchev–Trinajstić information content (AvgIpc) is 2.89. The second-order valence-corrected chi connectivity index (χ2v) is 6.60. The Bertz CT molecular complexity index is 361. The monoisotopic (exact) mass is 429 g/mol. The maximum absolute atomic E-state index is 6.05. The van der Waals surface area contributed by atoms with Crippen LogP contribution in [0.5, 0.6) is 0 Å². The minimum atomic E-state index is -0.422. The van der Waals surface area contributed by atoms with Crippen molar-refractivity contribution in [1.29, 1.82) is 0 Å². The molecule has 2 N–H and O–H groups in total. The molecule has 3 saturated heterocycles. The Labute approximate surface area is 147 Å². The predicted octanol–water partition coefficient (Wildman–Crippen LogP) is 0.890. The summed E-state index contributed by atoms with van der Waals surface area (Å²) in [6, 6.07) is 0. The summed E-state index contributed by atoms with van der Waals surface area (Å²) < 4.78 is 17.2. The van der Waals surface area contributed by atoms with E-state index >= 15 is 0 Å². The highest BCUT2D eigenvalue weighted by Crippen LogP contribution is 2.33. The molecule has 0 aromatic rings. The fraction of sp³-hybridized carbons (Fsp3) is 0.923. The second kappa shape index (κ2) is 8.19. The van der Waals surface area contributed by atoms with Gasteiger partial charge in [0.1, 0.15) is 6.10 Å². The summed E-state index contributed by atoms with van der Waals surface area (Å²) >= 11 is 1.97. The molecule has 0 aliphatic carbocycles. The first-order chi connectivity index (χ1) is 9.77. The number of nitrogens with zero attached hydrogens (tertiary/aromatic N) is 2. The molecule has 0 aromatic carbocycles. The Morgan fingerprint density at radius 3 is 2.71 bits per heavy atom. The minimum Gasteiger partial charge on any atom is -0.381 e. The van der Waals surface area contributed by atoms with Crippen LogP contribution in [0.4, 0.5) is 0 Å². The van der Waals surface area contributed by atoms with Gasteiger partial charge >= 0.3 is 0 Å². The summed E-state index contributed by atoms with van der Waals surface area (Å²) in [6.45, 7) is 4.59. The molecule has 0 saturated carbocycles. The normalized spacial score (nSPS) is 29.4. The van der Waals surface area contributed by atoms with Crippen molar-refractivity contribution in [3.63, 3.8) is 0 Å². The summed E-state index contributed by atoms with van der Waals surface area (Å²) in [7, 11) is 0. The van der Waals surface area contributed by atoms with Crippen LogP contribution in [-0.4, -0.2) is 73.7 Å². The van der Waals surface area contributed by atoms with Gasteiger partial charge in [-0.15, -0.1) is 24.0 Å². The first-order valence-corrected chi connectivity index (χ1v) is 8.45. The van der Waals surface area contributed by atoms with E-state index < -0.39 is 5.79 Å². The van der Waals surface area contributed by atoms with E-state index in [0.29, 0.717) is 32.3 Å². The zero-order chi connectivity index (χ0) is 13.8. The number of hydrogen-bond acceptors (Lipinski definition) is 5. The SMILES string of the molecule is I.NC(=NCC1COC2(CCOCC2)O1)N1CCSCC1. The quantitative estimate of drug-likeness (QED) is 0.400.